The van der Waals surface area contributed by atoms with E-state index >= 15 is 0 Å². The van der Waals surface area contributed by atoms with Crippen molar-refractivity contribution in [3.05, 3.63) is 0 Å². The molecule has 0 radical (unpaired) electrons. The van der Waals surface area contributed by atoms with Crippen LogP contribution in [-0.4, -0.2) is 25.6 Å². The molecular weight excluding hydrogens is 174 g/mol. The van der Waals surface area contributed by atoms with Gasteiger partial charge < -0.3 is 0 Å². The molecule has 0 unspecified atom stereocenters. The first-order chi connectivity index (χ1) is 6.88. The zero-order valence-corrected chi connectivity index (χ0v) is 9.80. The summed E-state index contributed by atoms with van der Waals surface area (Å²) >= 11 is 0. The monoisotopic (exact) mass is 200 g/mol. The summed E-state index contributed by atoms with van der Waals surface area (Å²) in [5.41, 5.74) is 0. The van der Waals surface area contributed by atoms with Gasteiger partial charge in [0.05, 0.1) is 0 Å². The van der Waals surface area contributed by atoms with Crippen molar-refractivity contribution in [1.82, 2.24) is 0 Å². The predicted octanol–water partition coefficient (Wildman–Crippen LogP) is 4.13. The summed E-state index contributed by atoms with van der Waals surface area (Å²) in [6.07, 6.45) is 15.2. The van der Waals surface area contributed by atoms with Crippen LogP contribution < -0.4 is 0 Å². The van der Waals surface area contributed by atoms with Gasteiger partial charge in [0.1, 0.15) is 6.71 Å². The van der Waals surface area contributed by atoms with Crippen LogP contribution in [0.25, 0.3) is 0 Å². The quantitative estimate of drug-likeness (QED) is 0.588. The Morgan fingerprint density at radius 1 is 0.667 bits per heavy atom. The molecule has 0 heterocycles. The van der Waals surface area contributed by atoms with Crippen LogP contribution in [-0.2, 0) is 0 Å². The molecule has 2 aliphatic carbocycles. The summed E-state index contributed by atoms with van der Waals surface area (Å²) in [6.45, 7) is 3.59. The summed E-state index contributed by atoms with van der Waals surface area (Å²) in [5.74, 6) is 2.18. The zero-order valence-electron chi connectivity index (χ0n) is 9.80. The fourth-order valence-corrected chi connectivity index (χ4v) is 3.70. The van der Waals surface area contributed by atoms with E-state index in [0.717, 1.165) is 18.3 Å². The summed E-state index contributed by atoms with van der Waals surface area (Å²) in [6, 6.07) is 0. The van der Waals surface area contributed by atoms with Crippen molar-refractivity contribution in [2.24, 2.45) is 0 Å². The van der Waals surface area contributed by atoms with Gasteiger partial charge in [-0.25, -0.2) is 0 Å². The van der Waals surface area contributed by atoms with Crippen LogP contribution >= 0.6 is 0 Å². The second-order valence-electron chi connectivity index (χ2n) is 5.66. The van der Waals surface area contributed by atoms with E-state index in [9.17, 15) is 0 Å². The third-order valence-electron chi connectivity index (χ3n) is 4.79. The Balaban J connectivity index is 0.00000112. The molecule has 0 aliphatic heterocycles. The van der Waals surface area contributed by atoms with Crippen molar-refractivity contribution in [1.29, 1.82) is 0 Å². The van der Waals surface area contributed by atoms with Gasteiger partial charge in [0, 0.05) is 0 Å². The van der Waals surface area contributed by atoms with E-state index in [1.54, 1.807) is 0 Å². The van der Waals surface area contributed by atoms with E-state index < -0.39 is 0 Å². The van der Waals surface area contributed by atoms with E-state index in [1.165, 1.54) is 64.2 Å². The molecule has 0 atom stereocenters. The maximum absolute atomic E-state index is 2.55. The standard InChI is InChI=1S/C13H25B.Li.H/c1-14(12-8-4-2-5-9-12)13-10-6-3-7-11-13;;/h12-13H,2-11H2,1H3;;. The van der Waals surface area contributed by atoms with Crippen LogP contribution in [0.4, 0.5) is 0 Å². The van der Waals surface area contributed by atoms with Gasteiger partial charge in [-0.3, -0.25) is 0 Å². The molecule has 0 spiro atoms. The average molecular weight is 200 g/mol. The molecule has 0 nitrogen and oxygen atoms in total. The zero-order chi connectivity index (χ0) is 9.80. The fraction of sp³-hybridized carbons (Fsp3) is 1.00. The first-order valence-electron chi connectivity index (χ1n) is 6.88. The minimum atomic E-state index is 0. The van der Waals surface area contributed by atoms with Crippen molar-refractivity contribution >= 4 is 25.6 Å². The minimum absolute atomic E-state index is 0. The second-order valence-corrected chi connectivity index (χ2v) is 5.66. The topological polar surface area (TPSA) is 0 Å². The van der Waals surface area contributed by atoms with Gasteiger partial charge in [0.15, 0.2) is 0 Å². The van der Waals surface area contributed by atoms with Crippen molar-refractivity contribution in [3.63, 3.8) is 0 Å². The Labute approximate surface area is 108 Å². The van der Waals surface area contributed by atoms with Crippen LogP contribution in [0.15, 0.2) is 0 Å². The van der Waals surface area contributed by atoms with Gasteiger partial charge in [-0.2, -0.15) is 0 Å². The Morgan fingerprint density at radius 3 is 1.33 bits per heavy atom. The number of hydrogen-bond acceptors (Lipinski definition) is 0. The molecule has 2 saturated carbocycles. The molecular formula is C13H26BLi. The molecule has 0 aromatic heterocycles. The summed E-state index contributed by atoms with van der Waals surface area (Å²) in [5, 5.41) is 0. The van der Waals surface area contributed by atoms with Crippen LogP contribution in [0.5, 0.6) is 0 Å². The summed E-state index contributed by atoms with van der Waals surface area (Å²) < 4.78 is 0. The first-order valence-corrected chi connectivity index (χ1v) is 6.88. The molecule has 2 heteroatoms. The Bertz CT molecular complexity index is 142. The van der Waals surface area contributed by atoms with E-state index in [0.29, 0.717) is 0 Å². The molecule has 2 rings (SSSR count). The van der Waals surface area contributed by atoms with Crippen LogP contribution in [0.1, 0.15) is 64.2 Å². The first kappa shape index (κ1) is 13.7. The average Bonchev–Trinajstić information content (AvgIpc) is 2.30. The molecule has 82 valence electrons. The van der Waals surface area contributed by atoms with Gasteiger partial charge in [-0.1, -0.05) is 82.7 Å². The van der Waals surface area contributed by atoms with E-state index in [1.807, 2.05) is 0 Å². The van der Waals surface area contributed by atoms with Crippen LogP contribution in [0.2, 0.25) is 18.5 Å². The molecule has 0 amide bonds. The molecule has 0 saturated heterocycles. The third kappa shape index (κ3) is 3.87. The van der Waals surface area contributed by atoms with Crippen LogP contribution in [0, 0.1) is 0 Å². The molecule has 0 aromatic carbocycles. The fourth-order valence-electron chi connectivity index (χ4n) is 3.70. The second kappa shape index (κ2) is 7.08. The molecule has 0 aromatic rings. The normalized spacial score (nSPS) is 24.6. The van der Waals surface area contributed by atoms with E-state index in [-0.39, 0.29) is 18.9 Å². The Morgan fingerprint density at radius 2 is 1.00 bits per heavy atom. The van der Waals surface area contributed by atoms with Gasteiger partial charge in [0.2, 0.25) is 0 Å². The van der Waals surface area contributed by atoms with Gasteiger partial charge >= 0.3 is 18.9 Å². The predicted molar refractivity (Wildman–Crippen MR) is 72.4 cm³/mol. The summed E-state index contributed by atoms with van der Waals surface area (Å²) in [4.78, 5) is 0. The SMILES string of the molecule is CB(C1CCCCC1)C1CCCCC1.[LiH]. The third-order valence-corrected chi connectivity index (χ3v) is 4.79. The van der Waals surface area contributed by atoms with Crippen molar-refractivity contribution in [3.8, 4) is 0 Å². The van der Waals surface area contributed by atoms with Crippen molar-refractivity contribution in [2.75, 3.05) is 0 Å². The van der Waals surface area contributed by atoms with Gasteiger partial charge in [0.25, 0.3) is 0 Å². The Hall–Kier alpha value is 0.662. The molecule has 0 N–H and O–H groups in total. The Kier molecular flexibility index (Phi) is 6.48. The molecule has 0 bridgehead atoms. The molecule has 2 fully saturated rings. The van der Waals surface area contributed by atoms with Gasteiger partial charge in [-0.05, 0) is 0 Å². The van der Waals surface area contributed by atoms with E-state index in [4.69, 9.17) is 0 Å². The van der Waals surface area contributed by atoms with Gasteiger partial charge in [-0.15, -0.1) is 0 Å². The van der Waals surface area contributed by atoms with E-state index in [2.05, 4.69) is 6.82 Å². The van der Waals surface area contributed by atoms with Crippen molar-refractivity contribution < 1.29 is 0 Å². The molecule has 2 aliphatic rings. The number of rotatable bonds is 2. The van der Waals surface area contributed by atoms with Crippen LogP contribution in [0.3, 0.4) is 0 Å². The summed E-state index contributed by atoms with van der Waals surface area (Å²) in [7, 11) is 0. The van der Waals surface area contributed by atoms with Crippen molar-refractivity contribution in [2.45, 2.75) is 82.7 Å². The molecule has 15 heavy (non-hydrogen) atoms. The number of hydrogen-bond donors (Lipinski definition) is 0. The maximum atomic E-state index is 2.55.